The van der Waals surface area contributed by atoms with Crippen molar-refractivity contribution < 1.29 is 19.6 Å². The summed E-state index contributed by atoms with van der Waals surface area (Å²) < 4.78 is 0. The third-order valence-electron chi connectivity index (χ3n) is 5.60. The fourth-order valence-electron chi connectivity index (χ4n) is 3.72. The van der Waals surface area contributed by atoms with Crippen LogP contribution >= 0.6 is 11.3 Å². The third-order valence-corrected chi connectivity index (χ3v) is 6.29. The van der Waals surface area contributed by atoms with Gasteiger partial charge in [-0.15, -0.1) is 11.3 Å². The highest BCUT2D eigenvalue weighted by Gasteiger charge is 2.37. The van der Waals surface area contributed by atoms with Gasteiger partial charge in [0, 0.05) is 11.6 Å². The van der Waals surface area contributed by atoms with Crippen molar-refractivity contribution in [1.29, 1.82) is 0 Å². The highest BCUT2D eigenvalue weighted by Crippen LogP contribution is 2.26. The van der Waals surface area contributed by atoms with Crippen molar-refractivity contribution in [2.75, 3.05) is 5.32 Å². The topological polar surface area (TPSA) is 112 Å². The molecule has 4 atom stereocenters. The number of aromatic nitrogens is 1. The molecule has 0 spiro atoms. The van der Waals surface area contributed by atoms with E-state index in [1.165, 1.54) is 11.3 Å². The molecule has 180 valence electrons. The van der Waals surface area contributed by atoms with Crippen LogP contribution in [0.5, 0.6) is 0 Å². The summed E-state index contributed by atoms with van der Waals surface area (Å²) in [4.78, 5) is 41.6. The molecule has 1 heterocycles. The molecule has 1 unspecified atom stereocenters. The number of thiazole rings is 1. The minimum atomic E-state index is -0.837. The van der Waals surface area contributed by atoms with Crippen molar-refractivity contribution in [2.24, 2.45) is 17.3 Å². The Bertz CT molecular complexity index is 899. The van der Waals surface area contributed by atoms with Gasteiger partial charge in [0.1, 0.15) is 6.04 Å². The molecule has 1 aromatic heterocycles. The second-order valence-corrected chi connectivity index (χ2v) is 10.4. The first kappa shape index (κ1) is 26.5. The van der Waals surface area contributed by atoms with E-state index in [9.17, 15) is 19.6 Å². The zero-order valence-electron chi connectivity index (χ0n) is 19.8. The van der Waals surface area contributed by atoms with Gasteiger partial charge in [-0.3, -0.25) is 19.6 Å². The molecule has 0 aliphatic carbocycles. The maximum Gasteiger partial charge on any atom is 0.249 e. The van der Waals surface area contributed by atoms with E-state index in [0.717, 1.165) is 12.0 Å². The summed E-state index contributed by atoms with van der Waals surface area (Å²) in [5, 5.41) is 18.4. The Labute approximate surface area is 199 Å². The van der Waals surface area contributed by atoms with Crippen molar-refractivity contribution in [3.05, 3.63) is 47.5 Å². The van der Waals surface area contributed by atoms with E-state index in [2.05, 4.69) is 15.6 Å². The molecule has 0 aliphatic heterocycles. The first-order valence-corrected chi connectivity index (χ1v) is 11.9. The number of nitrogens with zero attached hydrogens (tertiary/aromatic N) is 2. The lowest BCUT2D eigenvalue weighted by atomic mass is 9.83. The average Bonchev–Trinajstić information content (AvgIpc) is 3.27. The summed E-state index contributed by atoms with van der Waals surface area (Å²) in [5.74, 6) is -1.37. The van der Waals surface area contributed by atoms with E-state index in [-0.39, 0.29) is 11.8 Å². The van der Waals surface area contributed by atoms with Gasteiger partial charge in [-0.2, -0.15) is 0 Å². The van der Waals surface area contributed by atoms with Crippen LogP contribution in [-0.4, -0.2) is 45.6 Å². The summed E-state index contributed by atoms with van der Waals surface area (Å²) in [7, 11) is 0. The Kier molecular flexibility index (Phi) is 9.55. The highest BCUT2D eigenvalue weighted by atomic mass is 32.1. The molecule has 2 aromatic rings. The summed E-state index contributed by atoms with van der Waals surface area (Å²) in [6.07, 6.45) is 3.06. The van der Waals surface area contributed by atoms with E-state index in [1.807, 2.05) is 58.0 Å². The van der Waals surface area contributed by atoms with Gasteiger partial charge < -0.3 is 10.6 Å². The van der Waals surface area contributed by atoms with Crippen LogP contribution in [0.2, 0.25) is 0 Å². The van der Waals surface area contributed by atoms with Gasteiger partial charge in [0.2, 0.25) is 18.2 Å². The molecule has 0 fully saturated rings. The number of carbonyl (C=O) groups excluding carboxylic acids is 3. The maximum absolute atomic E-state index is 13.4. The first-order valence-electron chi connectivity index (χ1n) is 11.0. The van der Waals surface area contributed by atoms with Crippen LogP contribution in [0.1, 0.15) is 46.6 Å². The SMILES string of the molecule is CC(Cc1ccccc1)C[C@@H](C(=O)N[C@H](C(=O)Nc1nccs1)C(C)(C)C)[C@H](C)N(O)C=O. The molecule has 3 N–H and O–H groups in total. The van der Waals surface area contributed by atoms with Crippen LogP contribution in [0.3, 0.4) is 0 Å². The van der Waals surface area contributed by atoms with Gasteiger partial charge in [0.05, 0.1) is 12.0 Å². The van der Waals surface area contributed by atoms with Crippen LogP contribution in [0.25, 0.3) is 0 Å². The normalized spacial score (nSPS) is 15.1. The van der Waals surface area contributed by atoms with E-state index < -0.39 is 29.3 Å². The lowest BCUT2D eigenvalue weighted by Crippen LogP contribution is -2.55. The Morgan fingerprint density at radius 2 is 1.85 bits per heavy atom. The quantitative estimate of drug-likeness (QED) is 0.261. The molecule has 0 radical (unpaired) electrons. The van der Waals surface area contributed by atoms with Crippen LogP contribution in [-0.2, 0) is 20.8 Å². The minimum Gasteiger partial charge on any atom is -0.343 e. The van der Waals surface area contributed by atoms with Gasteiger partial charge >= 0.3 is 0 Å². The number of anilines is 1. The number of hydroxylamine groups is 2. The number of hydrogen-bond acceptors (Lipinski definition) is 6. The molecular weight excluding hydrogens is 440 g/mol. The van der Waals surface area contributed by atoms with Gasteiger partial charge in [0.15, 0.2) is 5.13 Å². The van der Waals surface area contributed by atoms with Crippen molar-refractivity contribution in [3.8, 4) is 0 Å². The molecule has 0 aliphatic rings. The van der Waals surface area contributed by atoms with E-state index >= 15 is 0 Å². The van der Waals surface area contributed by atoms with E-state index in [0.29, 0.717) is 23.0 Å². The van der Waals surface area contributed by atoms with Gasteiger partial charge in [-0.1, -0.05) is 58.0 Å². The zero-order valence-corrected chi connectivity index (χ0v) is 20.6. The number of rotatable bonds is 11. The molecule has 0 saturated heterocycles. The summed E-state index contributed by atoms with van der Waals surface area (Å²) >= 11 is 1.29. The predicted molar refractivity (Wildman–Crippen MR) is 129 cm³/mol. The first-order chi connectivity index (χ1) is 15.5. The standard InChI is InChI=1S/C24H34N4O4S/c1-16(13-18-9-7-6-8-10-18)14-19(17(2)28(32)15-29)21(30)26-20(24(3,4)5)22(31)27-23-25-11-12-33-23/h6-12,15-17,19-20,32H,13-14H2,1-5H3,(H,26,30)(H,25,27,31)/t16?,17-,19+,20+/m0/s1. The number of nitrogens with one attached hydrogen (secondary N) is 2. The largest absolute Gasteiger partial charge is 0.343 e. The Hall–Kier alpha value is -2.78. The lowest BCUT2D eigenvalue weighted by Gasteiger charge is -2.34. The molecule has 9 heteroatoms. The number of hydrogen-bond donors (Lipinski definition) is 3. The average molecular weight is 475 g/mol. The molecule has 3 amide bonds. The van der Waals surface area contributed by atoms with Crippen LogP contribution < -0.4 is 10.6 Å². The van der Waals surface area contributed by atoms with Crippen LogP contribution in [0.15, 0.2) is 41.9 Å². The Morgan fingerprint density at radius 1 is 1.18 bits per heavy atom. The minimum absolute atomic E-state index is 0.0999. The van der Waals surface area contributed by atoms with E-state index in [1.54, 1.807) is 18.5 Å². The summed E-state index contributed by atoms with van der Waals surface area (Å²) in [6.45, 7) is 9.23. The van der Waals surface area contributed by atoms with Crippen molar-refractivity contribution in [3.63, 3.8) is 0 Å². The van der Waals surface area contributed by atoms with Gasteiger partial charge in [0.25, 0.3) is 0 Å². The van der Waals surface area contributed by atoms with Crippen LogP contribution in [0.4, 0.5) is 5.13 Å². The van der Waals surface area contributed by atoms with Gasteiger partial charge in [-0.05, 0) is 36.7 Å². The molecule has 8 nitrogen and oxygen atoms in total. The monoisotopic (exact) mass is 474 g/mol. The van der Waals surface area contributed by atoms with Crippen molar-refractivity contribution in [2.45, 2.75) is 59.5 Å². The van der Waals surface area contributed by atoms with Gasteiger partial charge in [-0.25, -0.2) is 10.0 Å². The summed E-state index contributed by atoms with van der Waals surface area (Å²) in [5.41, 5.74) is 0.563. The molecular formula is C24H34N4O4S. The third kappa shape index (κ3) is 7.94. The lowest BCUT2D eigenvalue weighted by molar-refractivity contribution is -0.167. The molecule has 0 saturated carbocycles. The molecule has 0 bridgehead atoms. The van der Waals surface area contributed by atoms with E-state index in [4.69, 9.17) is 0 Å². The fourth-order valence-corrected chi connectivity index (χ4v) is 4.26. The number of amides is 3. The number of carbonyl (C=O) groups is 3. The Balaban J connectivity index is 2.19. The highest BCUT2D eigenvalue weighted by molar-refractivity contribution is 7.13. The molecule has 33 heavy (non-hydrogen) atoms. The maximum atomic E-state index is 13.4. The molecule has 1 aromatic carbocycles. The van der Waals surface area contributed by atoms with Crippen molar-refractivity contribution in [1.82, 2.24) is 15.4 Å². The molecule has 2 rings (SSSR count). The second-order valence-electron chi connectivity index (χ2n) is 9.50. The van der Waals surface area contributed by atoms with Crippen LogP contribution in [0, 0.1) is 17.3 Å². The predicted octanol–water partition coefficient (Wildman–Crippen LogP) is 3.73. The summed E-state index contributed by atoms with van der Waals surface area (Å²) in [6, 6.07) is 8.33. The fraction of sp³-hybridized carbons (Fsp3) is 0.500. The zero-order chi connectivity index (χ0) is 24.6. The van der Waals surface area contributed by atoms with Crippen molar-refractivity contribution >= 4 is 34.7 Å². The smallest absolute Gasteiger partial charge is 0.249 e. The Morgan fingerprint density at radius 3 is 2.39 bits per heavy atom. The second kappa shape index (κ2) is 11.9. The number of benzene rings is 1.